The molecule has 0 aliphatic carbocycles. The summed E-state index contributed by atoms with van der Waals surface area (Å²) >= 11 is 1.46. The summed E-state index contributed by atoms with van der Waals surface area (Å²) in [5.74, 6) is -0.693. The number of esters is 2. The molecule has 0 saturated carbocycles. The summed E-state index contributed by atoms with van der Waals surface area (Å²) in [6, 6.07) is 17.1. The van der Waals surface area contributed by atoms with Gasteiger partial charge in [0.1, 0.15) is 6.61 Å². The fourth-order valence-corrected chi connectivity index (χ4v) is 5.89. The molecule has 0 unspecified atom stereocenters. The van der Waals surface area contributed by atoms with E-state index in [2.05, 4.69) is 4.98 Å². The van der Waals surface area contributed by atoms with Crippen LogP contribution in [0.3, 0.4) is 0 Å². The van der Waals surface area contributed by atoms with E-state index in [4.69, 9.17) is 14.2 Å². The smallest absolute Gasteiger partial charge is 0.338 e. The molecule has 2 aliphatic heterocycles. The van der Waals surface area contributed by atoms with Crippen molar-refractivity contribution in [2.24, 2.45) is 0 Å². The van der Waals surface area contributed by atoms with Crippen molar-refractivity contribution in [2.45, 2.75) is 30.1 Å². The van der Waals surface area contributed by atoms with Gasteiger partial charge in [0.2, 0.25) is 0 Å². The number of aryl methyl sites for hydroxylation is 1. The summed E-state index contributed by atoms with van der Waals surface area (Å²) in [4.78, 5) is 52.3. The summed E-state index contributed by atoms with van der Waals surface area (Å²) in [7, 11) is 0. The van der Waals surface area contributed by atoms with Crippen molar-refractivity contribution in [3.63, 3.8) is 0 Å². The molecule has 3 heterocycles. The Morgan fingerprint density at radius 2 is 1.69 bits per heavy atom. The lowest BCUT2D eigenvalue weighted by Gasteiger charge is -2.31. The first kappa shape index (κ1) is 23.1. The molecule has 2 bridgehead atoms. The van der Waals surface area contributed by atoms with Crippen LogP contribution in [0.15, 0.2) is 76.4 Å². The maximum absolute atomic E-state index is 12.9. The minimum atomic E-state index is -1.17. The molecule has 4 atom stereocenters. The van der Waals surface area contributed by atoms with Gasteiger partial charge < -0.3 is 14.2 Å². The molecule has 1 N–H and O–H groups in total. The average molecular weight is 495 g/mol. The molecular formula is C25H22N2O7S. The first-order chi connectivity index (χ1) is 16.9. The number of hydrogen-bond donors (Lipinski definition) is 1. The van der Waals surface area contributed by atoms with Gasteiger partial charge in [0.25, 0.3) is 5.56 Å². The Kier molecular flexibility index (Phi) is 6.08. The SMILES string of the molecule is Cc1cn([C@@H]2O[C@@]3(COC(=O)c4ccccc4)CS[C@@H]2[C@@H]3OC(=O)c2ccccc2)c(=O)[nH]c1=O. The number of carbonyl (C=O) groups excluding carboxylic acids is 2. The normalized spacial score (nSPS) is 24.8. The largest absolute Gasteiger partial charge is 0.459 e. The molecule has 5 rings (SSSR count). The molecule has 3 aromatic rings. The molecule has 2 fully saturated rings. The maximum Gasteiger partial charge on any atom is 0.338 e. The van der Waals surface area contributed by atoms with Crippen LogP contribution in [-0.2, 0) is 14.2 Å². The Morgan fingerprint density at radius 1 is 1.06 bits per heavy atom. The second kappa shape index (κ2) is 9.20. The number of benzene rings is 2. The van der Waals surface area contributed by atoms with Crippen molar-refractivity contribution in [2.75, 3.05) is 12.4 Å². The molecule has 2 saturated heterocycles. The van der Waals surface area contributed by atoms with Crippen molar-refractivity contribution < 1.29 is 23.8 Å². The average Bonchev–Trinajstić information content (AvgIpc) is 3.37. The highest BCUT2D eigenvalue weighted by Gasteiger charge is 2.64. The Hall–Kier alpha value is -3.63. The van der Waals surface area contributed by atoms with Crippen molar-refractivity contribution in [3.05, 3.63) is 104 Å². The highest BCUT2D eigenvalue weighted by Crippen LogP contribution is 2.53. The summed E-state index contributed by atoms with van der Waals surface area (Å²) < 4.78 is 19.1. The molecule has 0 spiro atoms. The Balaban J connectivity index is 1.45. The van der Waals surface area contributed by atoms with Crippen molar-refractivity contribution >= 4 is 23.7 Å². The number of thioether (sulfide) groups is 1. The quantitative estimate of drug-likeness (QED) is 0.519. The molecule has 2 aromatic carbocycles. The van der Waals surface area contributed by atoms with Crippen LogP contribution >= 0.6 is 11.8 Å². The third-order valence-electron chi connectivity index (χ3n) is 6.09. The highest BCUT2D eigenvalue weighted by atomic mass is 32.2. The van der Waals surface area contributed by atoms with Gasteiger partial charge in [-0.1, -0.05) is 36.4 Å². The first-order valence-electron chi connectivity index (χ1n) is 11.0. The van der Waals surface area contributed by atoms with Gasteiger partial charge in [0, 0.05) is 17.5 Å². The minimum Gasteiger partial charge on any atom is -0.459 e. The van der Waals surface area contributed by atoms with Crippen molar-refractivity contribution in [3.8, 4) is 0 Å². The Bertz CT molecular complexity index is 1370. The van der Waals surface area contributed by atoms with E-state index in [0.29, 0.717) is 22.4 Å². The topological polar surface area (TPSA) is 117 Å². The second-order valence-corrected chi connectivity index (χ2v) is 9.63. The second-order valence-electron chi connectivity index (χ2n) is 8.46. The van der Waals surface area contributed by atoms with E-state index in [1.54, 1.807) is 67.6 Å². The fourth-order valence-electron chi connectivity index (χ4n) is 4.27. The molecular weight excluding hydrogens is 472 g/mol. The third-order valence-corrected chi connectivity index (χ3v) is 7.61. The molecule has 1 aromatic heterocycles. The predicted octanol–water partition coefficient (Wildman–Crippen LogP) is 2.31. The lowest BCUT2D eigenvalue weighted by atomic mass is 9.99. The van der Waals surface area contributed by atoms with Gasteiger partial charge in [-0.2, -0.15) is 0 Å². The molecule has 180 valence electrons. The number of carbonyl (C=O) groups is 2. The molecule has 2 aliphatic rings. The number of H-pyrrole nitrogens is 1. The summed E-state index contributed by atoms with van der Waals surface area (Å²) in [6.07, 6.45) is -0.207. The summed E-state index contributed by atoms with van der Waals surface area (Å²) in [5.41, 5.74) is -1.20. The summed E-state index contributed by atoms with van der Waals surface area (Å²) in [5, 5.41) is -0.457. The molecule has 10 heteroatoms. The van der Waals surface area contributed by atoms with Crippen LogP contribution in [0.25, 0.3) is 0 Å². The standard InChI is InChI=1S/C25H22N2O7S/c1-15-12-27(24(31)26-20(15)28)21-18-19(33-23(30)17-10-6-3-7-11-17)25(34-21,14-35-18)13-32-22(29)16-8-4-2-5-9-16/h2-12,18-19,21H,13-14H2,1H3,(H,26,28,31)/t18-,19+,21-,25+/m1/s1. The molecule has 0 radical (unpaired) electrons. The number of ether oxygens (including phenoxy) is 3. The number of aromatic amines is 1. The van der Waals surface area contributed by atoms with Crippen LogP contribution in [0.2, 0.25) is 0 Å². The number of nitrogens with one attached hydrogen (secondary N) is 1. The van der Waals surface area contributed by atoms with Crippen LogP contribution < -0.4 is 11.2 Å². The maximum atomic E-state index is 12.9. The van der Waals surface area contributed by atoms with E-state index in [-0.39, 0.29) is 6.61 Å². The lowest BCUT2D eigenvalue weighted by molar-refractivity contribution is -0.119. The Morgan fingerprint density at radius 3 is 2.34 bits per heavy atom. The number of nitrogens with zero attached hydrogens (tertiary/aromatic N) is 1. The van der Waals surface area contributed by atoms with E-state index in [9.17, 15) is 19.2 Å². The van der Waals surface area contributed by atoms with Crippen molar-refractivity contribution in [1.82, 2.24) is 9.55 Å². The van der Waals surface area contributed by atoms with E-state index in [0.717, 1.165) is 0 Å². The predicted molar refractivity (Wildman–Crippen MR) is 128 cm³/mol. The van der Waals surface area contributed by atoms with Gasteiger partial charge in [0.05, 0.1) is 16.4 Å². The fraction of sp³-hybridized carbons (Fsp3) is 0.280. The van der Waals surface area contributed by atoms with E-state index >= 15 is 0 Å². The number of rotatable bonds is 6. The first-order valence-corrected chi connectivity index (χ1v) is 12.0. The molecule has 9 nitrogen and oxygen atoms in total. The zero-order chi connectivity index (χ0) is 24.6. The third kappa shape index (κ3) is 4.30. The van der Waals surface area contributed by atoms with Crippen LogP contribution in [0.5, 0.6) is 0 Å². The van der Waals surface area contributed by atoms with Gasteiger partial charge >= 0.3 is 17.6 Å². The number of fused-ring (bicyclic) bond motifs is 2. The Labute approximate surface area is 204 Å². The van der Waals surface area contributed by atoms with Crippen LogP contribution in [0.4, 0.5) is 0 Å². The van der Waals surface area contributed by atoms with Crippen LogP contribution in [0.1, 0.15) is 32.5 Å². The monoisotopic (exact) mass is 494 g/mol. The van der Waals surface area contributed by atoms with Gasteiger partial charge in [-0.25, -0.2) is 14.4 Å². The molecule has 35 heavy (non-hydrogen) atoms. The van der Waals surface area contributed by atoms with Gasteiger partial charge in [0.15, 0.2) is 17.9 Å². The zero-order valence-electron chi connectivity index (χ0n) is 18.7. The zero-order valence-corrected chi connectivity index (χ0v) is 19.5. The van der Waals surface area contributed by atoms with Crippen molar-refractivity contribution in [1.29, 1.82) is 0 Å². The number of hydrogen-bond acceptors (Lipinski definition) is 8. The summed E-state index contributed by atoms with van der Waals surface area (Å²) in [6.45, 7) is 1.41. The highest BCUT2D eigenvalue weighted by molar-refractivity contribution is 8.00. The van der Waals surface area contributed by atoms with Gasteiger partial charge in [-0.05, 0) is 31.2 Å². The minimum absolute atomic E-state index is 0.176. The number of aromatic nitrogens is 2. The van der Waals surface area contributed by atoms with E-state index in [1.165, 1.54) is 22.5 Å². The van der Waals surface area contributed by atoms with E-state index < -0.39 is 46.4 Å². The van der Waals surface area contributed by atoms with Crippen LogP contribution in [-0.4, -0.2) is 50.8 Å². The van der Waals surface area contributed by atoms with Gasteiger partial charge in [-0.15, -0.1) is 11.8 Å². The van der Waals surface area contributed by atoms with Gasteiger partial charge in [-0.3, -0.25) is 14.3 Å². The molecule has 0 amide bonds. The van der Waals surface area contributed by atoms with E-state index in [1.807, 2.05) is 0 Å². The van der Waals surface area contributed by atoms with Crippen LogP contribution in [0, 0.1) is 6.92 Å². The lowest BCUT2D eigenvalue weighted by Crippen LogP contribution is -2.47.